The van der Waals surface area contributed by atoms with Gasteiger partial charge in [-0.2, -0.15) is 0 Å². The second kappa shape index (κ2) is 7.52. The van der Waals surface area contributed by atoms with Crippen LogP contribution >= 0.6 is 11.3 Å². The summed E-state index contributed by atoms with van der Waals surface area (Å²) in [6.45, 7) is 2.22. The molecule has 1 heterocycles. The lowest BCUT2D eigenvalue weighted by atomic mass is 9.62. The highest BCUT2D eigenvalue weighted by atomic mass is 32.1. The van der Waals surface area contributed by atoms with Gasteiger partial charge in [-0.1, -0.05) is 19.1 Å². The van der Waals surface area contributed by atoms with Crippen LogP contribution in [0.5, 0.6) is 0 Å². The van der Waals surface area contributed by atoms with E-state index in [2.05, 4.69) is 17.6 Å². The maximum absolute atomic E-state index is 13.3. The number of carboxylic acids is 1. The van der Waals surface area contributed by atoms with Crippen LogP contribution in [0.1, 0.15) is 59.8 Å². The number of thiophene rings is 1. The van der Waals surface area contributed by atoms with E-state index in [-0.39, 0.29) is 29.7 Å². The molecule has 0 aromatic carbocycles. The van der Waals surface area contributed by atoms with Gasteiger partial charge in [0.1, 0.15) is 5.00 Å². The van der Waals surface area contributed by atoms with Gasteiger partial charge in [0.05, 0.1) is 17.4 Å². The zero-order chi connectivity index (χ0) is 21.0. The van der Waals surface area contributed by atoms with Crippen molar-refractivity contribution < 1.29 is 19.5 Å². The fourth-order valence-corrected chi connectivity index (χ4v) is 6.86. The first-order valence-corrected chi connectivity index (χ1v) is 11.9. The Morgan fingerprint density at radius 2 is 1.73 bits per heavy atom. The van der Waals surface area contributed by atoms with Crippen LogP contribution < -0.4 is 10.6 Å². The van der Waals surface area contributed by atoms with Gasteiger partial charge in [-0.25, -0.2) is 0 Å². The fourth-order valence-electron chi connectivity index (χ4n) is 5.45. The van der Waals surface area contributed by atoms with Gasteiger partial charge < -0.3 is 15.7 Å². The summed E-state index contributed by atoms with van der Waals surface area (Å²) in [5, 5.41) is 16.5. The molecule has 0 radical (unpaired) electrons. The van der Waals surface area contributed by atoms with Gasteiger partial charge in [0.25, 0.3) is 5.91 Å². The van der Waals surface area contributed by atoms with Crippen LogP contribution in [-0.4, -0.2) is 28.9 Å². The van der Waals surface area contributed by atoms with E-state index in [9.17, 15) is 19.5 Å². The molecule has 1 aromatic rings. The number of nitrogens with one attached hydrogen (secondary N) is 2. The second-order valence-corrected chi connectivity index (χ2v) is 10.6. The Balaban J connectivity index is 1.45. The number of allylic oxidation sites excluding steroid dienone is 2. The summed E-state index contributed by atoms with van der Waals surface area (Å²) in [6.07, 6.45) is 10.5. The predicted octanol–water partition coefficient (Wildman–Crippen LogP) is 3.62. The molecular formula is C23H28N2O4S. The molecule has 6 rings (SSSR count). The number of carbonyl (C=O) groups excluding carboxylic acids is 2. The van der Waals surface area contributed by atoms with Crippen LogP contribution in [0.15, 0.2) is 12.2 Å². The lowest BCUT2D eigenvalue weighted by Crippen LogP contribution is -2.47. The van der Waals surface area contributed by atoms with Gasteiger partial charge in [0.15, 0.2) is 0 Å². The summed E-state index contributed by atoms with van der Waals surface area (Å²) < 4.78 is 0. The van der Waals surface area contributed by atoms with Crippen LogP contribution in [-0.2, 0) is 22.4 Å². The average Bonchev–Trinajstić information content (AvgIpc) is 3.46. The Morgan fingerprint density at radius 1 is 1.03 bits per heavy atom. The molecule has 6 nitrogen and oxygen atoms in total. The van der Waals surface area contributed by atoms with Crippen molar-refractivity contribution in [3.63, 3.8) is 0 Å². The van der Waals surface area contributed by atoms with Crippen molar-refractivity contribution in [3.05, 3.63) is 28.2 Å². The molecule has 5 atom stereocenters. The molecule has 160 valence electrons. The van der Waals surface area contributed by atoms with Gasteiger partial charge in [-0.15, -0.1) is 11.3 Å². The minimum absolute atomic E-state index is 0.0468. The van der Waals surface area contributed by atoms with Crippen LogP contribution in [0.4, 0.5) is 5.00 Å². The second-order valence-electron chi connectivity index (χ2n) is 9.47. The molecule has 2 fully saturated rings. The minimum atomic E-state index is -0.903. The van der Waals surface area contributed by atoms with E-state index >= 15 is 0 Å². The van der Waals surface area contributed by atoms with Crippen LogP contribution in [0.25, 0.3) is 0 Å². The Morgan fingerprint density at radius 3 is 2.37 bits per heavy atom. The van der Waals surface area contributed by atoms with Gasteiger partial charge in [-0.3, -0.25) is 14.4 Å². The van der Waals surface area contributed by atoms with Crippen molar-refractivity contribution in [1.29, 1.82) is 0 Å². The number of fused-ring (bicyclic) bond motifs is 3. The third-order valence-corrected chi connectivity index (χ3v) is 8.39. The van der Waals surface area contributed by atoms with Crippen molar-refractivity contribution >= 4 is 34.1 Å². The van der Waals surface area contributed by atoms with Gasteiger partial charge in [0, 0.05) is 10.9 Å². The summed E-state index contributed by atoms with van der Waals surface area (Å²) in [5.74, 6) is -2.09. The van der Waals surface area contributed by atoms with E-state index < -0.39 is 17.8 Å². The molecule has 30 heavy (non-hydrogen) atoms. The number of hydrogen-bond donors (Lipinski definition) is 3. The Labute approximate surface area is 180 Å². The van der Waals surface area contributed by atoms with Crippen molar-refractivity contribution in [2.75, 3.05) is 5.32 Å². The van der Waals surface area contributed by atoms with Crippen molar-refractivity contribution in [2.24, 2.45) is 29.6 Å². The average molecular weight is 429 g/mol. The Hall–Kier alpha value is -2.15. The summed E-state index contributed by atoms with van der Waals surface area (Å²) >= 11 is 1.51. The Bertz CT molecular complexity index is 932. The highest BCUT2D eigenvalue weighted by Gasteiger charge is 2.48. The molecule has 5 aliphatic rings. The topological polar surface area (TPSA) is 95.5 Å². The fraction of sp³-hybridized carbons (Fsp3) is 0.609. The minimum Gasteiger partial charge on any atom is -0.481 e. The molecule has 5 aliphatic carbocycles. The summed E-state index contributed by atoms with van der Waals surface area (Å²) in [7, 11) is 0. The molecule has 0 saturated heterocycles. The maximum atomic E-state index is 13.3. The number of hydrogen-bond acceptors (Lipinski definition) is 4. The standard InChI is InChI=1S/C23H28N2O4S/c1-11-2-9-15-16(10-11)30-22(19(15)21(27)24-14-7-8-14)25-20(26)17-12-3-5-13(6-4-12)18(17)23(28)29/h3,5,11-14,17-18H,2,4,6-10H2,1H3,(H,24,27)(H,25,26)(H,28,29)/t11-,12-,13+,17-,18+/m1/s1. The van der Waals surface area contributed by atoms with Crippen LogP contribution in [0.3, 0.4) is 0 Å². The smallest absolute Gasteiger partial charge is 0.307 e. The van der Waals surface area contributed by atoms with Gasteiger partial charge in [-0.05, 0) is 68.3 Å². The van der Waals surface area contributed by atoms with E-state index in [1.54, 1.807) is 0 Å². The first-order valence-electron chi connectivity index (χ1n) is 11.1. The monoisotopic (exact) mass is 428 g/mol. The number of carboxylic acid groups (broad SMARTS) is 1. The number of amides is 2. The molecule has 0 spiro atoms. The van der Waals surface area contributed by atoms with E-state index in [1.807, 2.05) is 12.2 Å². The van der Waals surface area contributed by atoms with E-state index in [1.165, 1.54) is 16.2 Å². The van der Waals surface area contributed by atoms with Crippen LogP contribution in [0.2, 0.25) is 0 Å². The number of anilines is 1. The summed E-state index contributed by atoms with van der Waals surface area (Å²) in [5.41, 5.74) is 1.69. The van der Waals surface area contributed by atoms with Crippen LogP contribution in [0, 0.1) is 29.6 Å². The largest absolute Gasteiger partial charge is 0.481 e. The SMILES string of the molecule is C[C@@H]1CCc2c(sc(NC(=O)[C@H]3[C@@H](C(=O)O)[C@H]4C=C[C@@H]3CC4)c2C(=O)NC2CC2)C1. The van der Waals surface area contributed by atoms with Crippen molar-refractivity contribution in [1.82, 2.24) is 5.32 Å². The van der Waals surface area contributed by atoms with E-state index in [4.69, 9.17) is 0 Å². The predicted molar refractivity (Wildman–Crippen MR) is 115 cm³/mol. The van der Waals surface area contributed by atoms with Crippen molar-refractivity contribution in [2.45, 2.75) is 57.9 Å². The highest BCUT2D eigenvalue weighted by molar-refractivity contribution is 7.17. The molecule has 0 unspecified atom stereocenters. The lowest BCUT2D eigenvalue weighted by molar-refractivity contribution is -0.151. The summed E-state index contributed by atoms with van der Waals surface area (Å²) in [4.78, 5) is 39.5. The molecule has 2 saturated carbocycles. The normalized spacial score (nSPS) is 31.8. The first kappa shape index (κ1) is 19.8. The first-order chi connectivity index (χ1) is 14.4. The molecule has 0 aliphatic heterocycles. The quantitative estimate of drug-likeness (QED) is 0.624. The molecule has 1 aromatic heterocycles. The zero-order valence-electron chi connectivity index (χ0n) is 17.1. The molecule has 2 bridgehead atoms. The third kappa shape index (κ3) is 3.47. The van der Waals surface area contributed by atoms with Crippen molar-refractivity contribution in [3.8, 4) is 0 Å². The molecule has 3 N–H and O–H groups in total. The Kier molecular flexibility index (Phi) is 4.96. The van der Waals surface area contributed by atoms with E-state index in [0.717, 1.165) is 50.5 Å². The number of aliphatic carboxylic acids is 1. The van der Waals surface area contributed by atoms with E-state index in [0.29, 0.717) is 16.5 Å². The zero-order valence-corrected chi connectivity index (χ0v) is 18.0. The van der Waals surface area contributed by atoms with Gasteiger partial charge in [0.2, 0.25) is 5.91 Å². The highest BCUT2D eigenvalue weighted by Crippen LogP contribution is 2.46. The maximum Gasteiger partial charge on any atom is 0.307 e. The third-order valence-electron chi connectivity index (χ3n) is 7.22. The molecular weight excluding hydrogens is 400 g/mol. The van der Waals surface area contributed by atoms with Gasteiger partial charge >= 0.3 is 5.97 Å². The molecule has 7 heteroatoms. The lowest BCUT2D eigenvalue weighted by Gasteiger charge is -2.41. The molecule has 2 amide bonds. The number of carbonyl (C=O) groups is 3. The summed E-state index contributed by atoms with van der Waals surface area (Å²) in [6, 6.07) is 0.245. The number of rotatable bonds is 5.